The summed E-state index contributed by atoms with van der Waals surface area (Å²) in [6.45, 7) is 3.90. The Morgan fingerprint density at radius 2 is 0.833 bits per heavy atom. The first-order valence-corrected chi connectivity index (χ1v) is 12.4. The van der Waals surface area contributed by atoms with E-state index in [1.54, 1.807) is 36.4 Å². The predicted molar refractivity (Wildman–Crippen MR) is 145 cm³/mol. The molecule has 4 atom stereocenters. The van der Waals surface area contributed by atoms with Crippen LogP contribution in [0.15, 0.2) is 48.5 Å². The SMILES string of the molecule is COc1ccccc1NC(=O)C(OC(C)=O)C(OC(C)=O)C(OC(C)=O)C(OC(C)=O)C(=O)Nc1ccccc1OC. The second-order valence-corrected chi connectivity index (χ2v) is 8.59. The summed E-state index contributed by atoms with van der Waals surface area (Å²) >= 11 is 0. The van der Waals surface area contributed by atoms with Crippen LogP contribution in [0.5, 0.6) is 11.5 Å². The van der Waals surface area contributed by atoms with E-state index in [9.17, 15) is 28.8 Å². The number of esters is 4. The molecular formula is C28H32N2O12. The van der Waals surface area contributed by atoms with Gasteiger partial charge in [-0.2, -0.15) is 0 Å². The molecule has 42 heavy (non-hydrogen) atoms. The lowest BCUT2D eigenvalue weighted by Gasteiger charge is -2.34. The van der Waals surface area contributed by atoms with Gasteiger partial charge in [-0.05, 0) is 24.3 Å². The number of hydrogen-bond donors (Lipinski definition) is 2. The van der Waals surface area contributed by atoms with Gasteiger partial charge < -0.3 is 39.1 Å². The average Bonchev–Trinajstić information content (AvgIpc) is 2.92. The van der Waals surface area contributed by atoms with E-state index in [2.05, 4.69) is 10.6 Å². The van der Waals surface area contributed by atoms with Gasteiger partial charge in [0.05, 0.1) is 25.6 Å². The monoisotopic (exact) mass is 588 g/mol. The minimum atomic E-state index is -2.02. The molecule has 0 bridgehead atoms. The summed E-state index contributed by atoms with van der Waals surface area (Å²) in [6.07, 6.45) is -8.01. The predicted octanol–water partition coefficient (Wildman–Crippen LogP) is 2.01. The van der Waals surface area contributed by atoms with E-state index in [-0.39, 0.29) is 22.9 Å². The summed E-state index contributed by atoms with van der Waals surface area (Å²) in [5.74, 6) is -5.62. The zero-order chi connectivity index (χ0) is 31.4. The maximum atomic E-state index is 13.5. The van der Waals surface area contributed by atoms with Gasteiger partial charge in [0.1, 0.15) is 11.5 Å². The van der Waals surface area contributed by atoms with Crippen molar-refractivity contribution in [3.63, 3.8) is 0 Å². The fourth-order valence-corrected chi connectivity index (χ4v) is 3.79. The first-order chi connectivity index (χ1) is 19.9. The van der Waals surface area contributed by atoms with Crippen LogP contribution in [0.2, 0.25) is 0 Å². The quantitative estimate of drug-likeness (QED) is 0.257. The highest BCUT2D eigenvalue weighted by Crippen LogP contribution is 2.27. The number of anilines is 2. The summed E-state index contributed by atoms with van der Waals surface area (Å²) in [7, 11) is 2.72. The molecule has 0 aliphatic carbocycles. The maximum Gasteiger partial charge on any atom is 0.303 e. The van der Waals surface area contributed by atoms with E-state index in [1.807, 2.05) is 0 Å². The third-order valence-electron chi connectivity index (χ3n) is 5.36. The van der Waals surface area contributed by atoms with Gasteiger partial charge in [-0.25, -0.2) is 0 Å². The van der Waals surface area contributed by atoms with Crippen LogP contribution in [0, 0.1) is 0 Å². The van der Waals surface area contributed by atoms with Gasteiger partial charge in [-0.1, -0.05) is 24.3 Å². The van der Waals surface area contributed by atoms with E-state index >= 15 is 0 Å². The summed E-state index contributed by atoms with van der Waals surface area (Å²) in [4.78, 5) is 75.7. The summed E-state index contributed by atoms with van der Waals surface area (Å²) in [5, 5.41) is 4.99. The number of carbonyl (C=O) groups is 6. The number of nitrogens with one attached hydrogen (secondary N) is 2. The fraction of sp³-hybridized carbons (Fsp3) is 0.357. The Morgan fingerprint density at radius 1 is 0.524 bits per heavy atom. The molecule has 2 aromatic rings. The highest BCUT2D eigenvalue weighted by atomic mass is 16.6. The molecule has 2 rings (SSSR count). The van der Waals surface area contributed by atoms with Crippen LogP contribution in [0.1, 0.15) is 27.7 Å². The first-order valence-electron chi connectivity index (χ1n) is 12.4. The summed E-state index contributed by atoms with van der Waals surface area (Å²) < 4.78 is 31.5. The topological polar surface area (TPSA) is 182 Å². The third kappa shape index (κ3) is 9.50. The summed E-state index contributed by atoms with van der Waals surface area (Å²) in [6, 6.07) is 12.5. The Kier molecular flexibility index (Phi) is 12.3. The van der Waals surface area contributed by atoms with Crippen molar-refractivity contribution in [3.05, 3.63) is 48.5 Å². The molecule has 2 N–H and O–H groups in total. The Morgan fingerprint density at radius 3 is 1.12 bits per heavy atom. The number of ether oxygens (including phenoxy) is 6. The lowest BCUT2D eigenvalue weighted by Crippen LogP contribution is -2.57. The molecular weight excluding hydrogens is 556 g/mol. The molecule has 2 amide bonds. The van der Waals surface area contributed by atoms with Crippen molar-refractivity contribution in [2.24, 2.45) is 0 Å². The number of benzene rings is 2. The van der Waals surface area contributed by atoms with E-state index in [0.717, 1.165) is 27.7 Å². The highest BCUT2D eigenvalue weighted by Gasteiger charge is 2.49. The van der Waals surface area contributed by atoms with Gasteiger partial charge in [-0.15, -0.1) is 0 Å². The van der Waals surface area contributed by atoms with Crippen LogP contribution >= 0.6 is 0 Å². The van der Waals surface area contributed by atoms with Crippen LogP contribution in [0.3, 0.4) is 0 Å². The number of rotatable bonds is 13. The molecule has 4 unspecified atom stereocenters. The molecule has 0 aliphatic heterocycles. The van der Waals surface area contributed by atoms with Crippen molar-refractivity contribution >= 4 is 47.1 Å². The Hall–Kier alpha value is -5.14. The third-order valence-corrected chi connectivity index (χ3v) is 5.36. The Bertz CT molecular complexity index is 1210. The fourth-order valence-electron chi connectivity index (χ4n) is 3.79. The van der Waals surface area contributed by atoms with Crippen LogP contribution in [0.4, 0.5) is 11.4 Å². The second-order valence-electron chi connectivity index (χ2n) is 8.59. The number of hydrogen-bond acceptors (Lipinski definition) is 12. The van der Waals surface area contributed by atoms with Crippen molar-refractivity contribution in [2.45, 2.75) is 52.1 Å². The van der Waals surface area contributed by atoms with Crippen molar-refractivity contribution in [1.82, 2.24) is 0 Å². The van der Waals surface area contributed by atoms with Gasteiger partial charge >= 0.3 is 23.9 Å². The molecule has 0 heterocycles. The van der Waals surface area contributed by atoms with Gasteiger partial charge in [0.15, 0.2) is 12.2 Å². The van der Waals surface area contributed by atoms with Crippen LogP contribution in [0.25, 0.3) is 0 Å². The number of amides is 2. The van der Waals surface area contributed by atoms with Crippen LogP contribution in [-0.2, 0) is 47.7 Å². The van der Waals surface area contributed by atoms with Crippen molar-refractivity contribution in [1.29, 1.82) is 0 Å². The molecule has 0 radical (unpaired) electrons. The minimum Gasteiger partial charge on any atom is -0.495 e. The van der Waals surface area contributed by atoms with Gasteiger partial charge in [0.2, 0.25) is 12.2 Å². The van der Waals surface area contributed by atoms with Crippen molar-refractivity contribution < 1.29 is 57.2 Å². The molecule has 2 aromatic carbocycles. The van der Waals surface area contributed by atoms with Gasteiger partial charge in [-0.3, -0.25) is 28.8 Å². The molecule has 0 saturated carbocycles. The number of methoxy groups -OCH3 is 2. The van der Waals surface area contributed by atoms with Crippen LogP contribution in [-0.4, -0.2) is 74.3 Å². The van der Waals surface area contributed by atoms with E-state index in [0.29, 0.717) is 0 Å². The molecule has 0 fully saturated rings. The standard InChI is InChI=1S/C28H32N2O12/c1-15(31)39-23(25(41-17(3)33)27(35)29-19-11-7-9-13-21(19)37-5)24(40-16(2)32)26(42-18(4)34)28(36)30-20-12-8-10-14-22(20)38-6/h7-14,23-26H,1-6H3,(H,29,35)(H,30,36). The number of carbonyl (C=O) groups excluding carboxylic acids is 6. The smallest absolute Gasteiger partial charge is 0.303 e. The lowest BCUT2D eigenvalue weighted by molar-refractivity contribution is -0.198. The average molecular weight is 589 g/mol. The van der Waals surface area contributed by atoms with Crippen molar-refractivity contribution in [2.75, 3.05) is 24.9 Å². The zero-order valence-electron chi connectivity index (χ0n) is 23.8. The highest BCUT2D eigenvalue weighted by molar-refractivity contribution is 5.99. The molecule has 0 spiro atoms. The minimum absolute atomic E-state index is 0.151. The molecule has 14 heteroatoms. The van der Waals surface area contributed by atoms with Gasteiger partial charge in [0, 0.05) is 27.7 Å². The number of para-hydroxylation sites is 4. The van der Waals surface area contributed by atoms with E-state index in [4.69, 9.17) is 28.4 Å². The van der Waals surface area contributed by atoms with Crippen molar-refractivity contribution in [3.8, 4) is 11.5 Å². The maximum absolute atomic E-state index is 13.5. The lowest BCUT2D eigenvalue weighted by atomic mass is 10.00. The molecule has 0 aliphatic rings. The molecule has 0 aromatic heterocycles. The molecule has 226 valence electrons. The normalized spacial score (nSPS) is 13.2. The Labute approximate surface area is 241 Å². The zero-order valence-corrected chi connectivity index (χ0v) is 23.8. The second kappa shape index (κ2) is 15.6. The molecule has 14 nitrogen and oxygen atoms in total. The van der Waals surface area contributed by atoms with E-state index in [1.165, 1.54) is 26.4 Å². The van der Waals surface area contributed by atoms with Gasteiger partial charge in [0.25, 0.3) is 11.8 Å². The van der Waals surface area contributed by atoms with Crippen LogP contribution < -0.4 is 20.1 Å². The van der Waals surface area contributed by atoms with E-state index < -0.39 is 60.1 Å². The largest absolute Gasteiger partial charge is 0.495 e. The first kappa shape index (κ1) is 33.1. The molecule has 0 saturated heterocycles. The Balaban J connectivity index is 2.64. The summed E-state index contributed by atoms with van der Waals surface area (Å²) in [5.41, 5.74) is 0.302.